The molecule has 0 saturated heterocycles. The topological polar surface area (TPSA) is 105 Å². The van der Waals surface area contributed by atoms with Gasteiger partial charge in [0.1, 0.15) is 0 Å². The third-order valence-corrected chi connectivity index (χ3v) is 7.35. The minimum atomic E-state index is -3.81. The molecule has 0 radical (unpaired) electrons. The lowest BCUT2D eigenvalue weighted by atomic mass is 9.91. The molecule has 0 unspecified atom stereocenters. The number of methoxy groups -OCH3 is 1. The predicted molar refractivity (Wildman–Crippen MR) is 127 cm³/mol. The molecule has 33 heavy (non-hydrogen) atoms. The summed E-state index contributed by atoms with van der Waals surface area (Å²) in [6.45, 7) is 3.89. The Morgan fingerprint density at radius 1 is 1.03 bits per heavy atom. The van der Waals surface area contributed by atoms with Crippen LogP contribution >= 0.6 is 0 Å². The van der Waals surface area contributed by atoms with Crippen LogP contribution in [0.5, 0.6) is 0 Å². The first-order valence-corrected chi connectivity index (χ1v) is 12.0. The van der Waals surface area contributed by atoms with E-state index in [9.17, 15) is 18.3 Å². The van der Waals surface area contributed by atoms with Gasteiger partial charge in [-0.3, -0.25) is 4.72 Å². The molecule has 7 nitrogen and oxygen atoms in total. The molecular weight excluding hydrogens is 440 g/mol. The Morgan fingerprint density at radius 2 is 1.76 bits per heavy atom. The quantitative estimate of drug-likeness (QED) is 0.479. The van der Waals surface area contributed by atoms with Crippen molar-refractivity contribution < 1.29 is 23.1 Å². The van der Waals surface area contributed by atoms with Gasteiger partial charge in [-0.15, -0.1) is 0 Å². The van der Waals surface area contributed by atoms with Gasteiger partial charge in [0.2, 0.25) is 0 Å². The van der Waals surface area contributed by atoms with Crippen LogP contribution in [0, 0.1) is 13.8 Å². The highest BCUT2D eigenvalue weighted by Gasteiger charge is 2.28. The number of rotatable bonds is 5. The largest absolute Gasteiger partial charge is 0.465 e. The van der Waals surface area contributed by atoms with Crippen LogP contribution in [0.4, 0.5) is 11.4 Å². The summed E-state index contributed by atoms with van der Waals surface area (Å²) < 4.78 is 33.2. The van der Waals surface area contributed by atoms with Crippen molar-refractivity contribution in [3.8, 4) is 0 Å². The van der Waals surface area contributed by atoms with E-state index in [0.29, 0.717) is 28.9 Å². The number of aliphatic hydroxyl groups is 1. The van der Waals surface area contributed by atoms with Crippen molar-refractivity contribution in [3.63, 3.8) is 0 Å². The molecule has 2 atom stereocenters. The average Bonchev–Trinajstić information content (AvgIpc) is 2.80. The molecule has 0 aliphatic carbocycles. The Bertz CT molecular complexity index is 1300. The van der Waals surface area contributed by atoms with Gasteiger partial charge in [-0.1, -0.05) is 18.2 Å². The lowest BCUT2D eigenvalue weighted by molar-refractivity contribution is 0.0600. The van der Waals surface area contributed by atoms with E-state index in [2.05, 4.69) is 10.0 Å². The second kappa shape index (κ2) is 8.88. The molecule has 172 valence electrons. The molecule has 0 bridgehead atoms. The summed E-state index contributed by atoms with van der Waals surface area (Å²) in [6, 6.07) is 16.9. The van der Waals surface area contributed by atoms with Gasteiger partial charge in [0.05, 0.1) is 29.7 Å². The van der Waals surface area contributed by atoms with E-state index in [1.165, 1.54) is 19.2 Å². The molecule has 0 amide bonds. The van der Waals surface area contributed by atoms with Crippen molar-refractivity contribution in [1.82, 2.24) is 0 Å². The smallest absolute Gasteiger partial charge is 0.337 e. The number of hydrogen-bond acceptors (Lipinski definition) is 6. The molecule has 1 heterocycles. The SMILES string of the molecule is COC(=O)c1ccc([C@H]2C[C@H](O)c3cc(S(=O)(=O)Nc4ccc(C)c(C)c4)ccc3N2)cc1. The van der Waals surface area contributed by atoms with E-state index in [1.54, 1.807) is 30.3 Å². The molecule has 8 heteroatoms. The standard InChI is InChI=1S/C25H26N2O5S/c1-15-4-9-19(12-16(15)2)27-33(30,31)20-10-11-22-21(13-20)24(28)14-23(26-22)17-5-7-18(8-6-17)25(29)32-3/h4-13,23-24,26-28H,14H2,1-3H3/t23-,24+/m1/s1. The van der Waals surface area contributed by atoms with Gasteiger partial charge < -0.3 is 15.2 Å². The number of benzene rings is 3. The van der Waals surface area contributed by atoms with E-state index in [4.69, 9.17) is 4.74 Å². The van der Waals surface area contributed by atoms with E-state index in [0.717, 1.165) is 16.7 Å². The second-order valence-corrected chi connectivity index (χ2v) is 9.90. The number of nitrogens with one attached hydrogen (secondary N) is 2. The van der Waals surface area contributed by atoms with Crippen molar-refractivity contribution in [2.45, 2.75) is 37.3 Å². The van der Waals surface area contributed by atoms with Gasteiger partial charge in [0, 0.05) is 23.4 Å². The summed E-state index contributed by atoms with van der Waals surface area (Å²) in [4.78, 5) is 11.7. The van der Waals surface area contributed by atoms with Gasteiger partial charge in [-0.2, -0.15) is 0 Å². The maximum absolute atomic E-state index is 12.9. The Balaban J connectivity index is 1.56. The number of aryl methyl sites for hydroxylation is 2. The fraction of sp³-hybridized carbons (Fsp3) is 0.240. The monoisotopic (exact) mass is 466 g/mol. The minimum absolute atomic E-state index is 0.0845. The second-order valence-electron chi connectivity index (χ2n) is 8.22. The fourth-order valence-electron chi connectivity index (χ4n) is 3.92. The number of carbonyl (C=O) groups excluding carboxylic acids is 1. The predicted octanol–water partition coefficient (Wildman–Crippen LogP) is 4.48. The number of hydrogen-bond donors (Lipinski definition) is 3. The zero-order valence-corrected chi connectivity index (χ0v) is 19.4. The number of ether oxygens (including phenoxy) is 1. The molecule has 1 aliphatic rings. The molecule has 3 aromatic rings. The summed E-state index contributed by atoms with van der Waals surface area (Å²) in [5, 5.41) is 14.1. The van der Waals surface area contributed by atoms with Crippen molar-refractivity contribution in [1.29, 1.82) is 0 Å². The highest BCUT2D eigenvalue weighted by molar-refractivity contribution is 7.92. The summed E-state index contributed by atoms with van der Waals surface area (Å²) in [6.07, 6.45) is -0.484. The van der Waals surface area contributed by atoms with Gasteiger partial charge in [-0.05, 0) is 73.0 Å². The molecule has 0 saturated carbocycles. The Kier molecular flexibility index (Phi) is 6.14. The molecule has 4 rings (SSSR count). The third-order valence-electron chi connectivity index (χ3n) is 5.97. The van der Waals surface area contributed by atoms with Gasteiger partial charge in [0.25, 0.3) is 10.0 Å². The van der Waals surface area contributed by atoms with E-state index in [1.807, 2.05) is 32.0 Å². The highest BCUT2D eigenvalue weighted by Crippen LogP contribution is 2.40. The van der Waals surface area contributed by atoms with Crippen molar-refractivity contribution in [2.24, 2.45) is 0 Å². The van der Waals surface area contributed by atoms with Crippen LogP contribution in [0.2, 0.25) is 0 Å². The normalized spacial score (nSPS) is 17.6. The first-order chi connectivity index (χ1) is 15.7. The van der Waals surface area contributed by atoms with Crippen LogP contribution in [0.1, 0.15) is 51.2 Å². The number of esters is 1. The van der Waals surface area contributed by atoms with Gasteiger partial charge in [0.15, 0.2) is 0 Å². The van der Waals surface area contributed by atoms with Crippen LogP contribution in [0.25, 0.3) is 0 Å². The fourth-order valence-corrected chi connectivity index (χ4v) is 5.00. The maximum atomic E-state index is 12.9. The minimum Gasteiger partial charge on any atom is -0.465 e. The first-order valence-electron chi connectivity index (χ1n) is 10.5. The van der Waals surface area contributed by atoms with Crippen LogP contribution in [-0.4, -0.2) is 26.6 Å². The van der Waals surface area contributed by atoms with E-state index in [-0.39, 0.29) is 10.9 Å². The average molecular weight is 467 g/mol. The molecule has 0 spiro atoms. The number of carbonyl (C=O) groups is 1. The summed E-state index contributed by atoms with van der Waals surface area (Å²) in [5.41, 5.74) is 5.11. The molecular formula is C25H26N2O5S. The van der Waals surface area contributed by atoms with Crippen LogP contribution in [0.3, 0.4) is 0 Å². The van der Waals surface area contributed by atoms with Gasteiger partial charge >= 0.3 is 5.97 Å². The van der Waals surface area contributed by atoms with Crippen LogP contribution in [0.15, 0.2) is 65.6 Å². The molecule has 1 aliphatic heterocycles. The number of anilines is 2. The third kappa shape index (κ3) is 4.72. The molecule has 3 N–H and O–H groups in total. The number of aliphatic hydroxyl groups excluding tert-OH is 1. The highest BCUT2D eigenvalue weighted by atomic mass is 32.2. The molecule has 0 aromatic heterocycles. The van der Waals surface area contributed by atoms with Crippen molar-refractivity contribution in [2.75, 3.05) is 17.1 Å². The Morgan fingerprint density at radius 3 is 2.42 bits per heavy atom. The van der Waals surface area contributed by atoms with Crippen molar-refractivity contribution >= 4 is 27.4 Å². The van der Waals surface area contributed by atoms with Crippen LogP contribution < -0.4 is 10.0 Å². The molecule has 0 fully saturated rings. The summed E-state index contributed by atoms with van der Waals surface area (Å²) >= 11 is 0. The molecule has 3 aromatic carbocycles. The number of sulfonamides is 1. The lowest BCUT2D eigenvalue weighted by Crippen LogP contribution is -2.22. The maximum Gasteiger partial charge on any atom is 0.337 e. The zero-order valence-electron chi connectivity index (χ0n) is 18.6. The zero-order chi connectivity index (χ0) is 23.8. The first kappa shape index (κ1) is 22.8. The Labute approximate surface area is 193 Å². The van der Waals surface area contributed by atoms with Gasteiger partial charge in [-0.25, -0.2) is 13.2 Å². The van der Waals surface area contributed by atoms with E-state index >= 15 is 0 Å². The number of fused-ring (bicyclic) bond motifs is 1. The van der Waals surface area contributed by atoms with Crippen LogP contribution in [-0.2, 0) is 14.8 Å². The summed E-state index contributed by atoms with van der Waals surface area (Å²) in [7, 11) is -2.48. The van der Waals surface area contributed by atoms with E-state index < -0.39 is 22.1 Å². The van der Waals surface area contributed by atoms with Crippen molar-refractivity contribution in [3.05, 3.63) is 88.5 Å². The summed E-state index contributed by atoms with van der Waals surface area (Å²) in [5.74, 6) is -0.410. The Hall–Kier alpha value is -3.36. The lowest BCUT2D eigenvalue weighted by Gasteiger charge is -2.31.